The fourth-order valence-corrected chi connectivity index (χ4v) is 8.66. The molecule has 0 bridgehead atoms. The molecule has 0 radical (unpaired) electrons. The molecule has 2 aliphatic rings. The number of dihydropyridines is 1. The summed E-state index contributed by atoms with van der Waals surface area (Å²) in [5.41, 5.74) is 16.4. The number of rotatable bonds is 6. The fourth-order valence-electron chi connectivity index (χ4n) is 8.66. The van der Waals surface area contributed by atoms with Crippen molar-refractivity contribution < 1.29 is 0 Å². The number of hydrogen-bond donors (Lipinski definition) is 0. The van der Waals surface area contributed by atoms with Gasteiger partial charge >= 0.3 is 0 Å². The zero-order valence-electron chi connectivity index (χ0n) is 30.3. The highest BCUT2D eigenvalue weighted by atomic mass is 15.2. The third-order valence-electron chi connectivity index (χ3n) is 11.1. The van der Waals surface area contributed by atoms with Gasteiger partial charge in [0.15, 0.2) is 0 Å². The highest BCUT2D eigenvalue weighted by molar-refractivity contribution is 6.09. The van der Waals surface area contributed by atoms with Crippen molar-refractivity contribution in [1.29, 1.82) is 0 Å². The summed E-state index contributed by atoms with van der Waals surface area (Å²) >= 11 is 0. The summed E-state index contributed by atoms with van der Waals surface area (Å²) in [5, 5.41) is 1.11. The number of aliphatic imine (C=N–C) groups is 1. The lowest BCUT2D eigenvalue weighted by Gasteiger charge is -2.28. The predicted octanol–water partition coefficient (Wildman–Crippen LogP) is 11.8. The van der Waals surface area contributed by atoms with E-state index in [1.54, 1.807) is 0 Å². The highest BCUT2D eigenvalue weighted by Crippen LogP contribution is 2.49. The molecule has 264 valence electrons. The van der Waals surface area contributed by atoms with Crippen molar-refractivity contribution in [2.45, 2.75) is 12.1 Å². The van der Waals surface area contributed by atoms with Crippen LogP contribution in [-0.4, -0.2) is 31.8 Å². The van der Waals surface area contributed by atoms with Gasteiger partial charge in [-0.05, 0) is 107 Å². The molecule has 6 nitrogen and oxygen atoms in total. The zero-order chi connectivity index (χ0) is 37.0. The first-order chi connectivity index (χ1) is 27.8. The minimum atomic E-state index is -0.0227. The van der Waals surface area contributed by atoms with Gasteiger partial charge in [0, 0.05) is 63.9 Å². The van der Waals surface area contributed by atoms with Crippen molar-refractivity contribution >= 4 is 39.5 Å². The van der Waals surface area contributed by atoms with Crippen LogP contribution < -0.4 is 4.90 Å². The first-order valence-corrected chi connectivity index (χ1v) is 18.9. The largest absolute Gasteiger partial charge is 0.332 e. The number of hydrogen-bond acceptors (Lipinski definition) is 5. The Morgan fingerprint density at radius 2 is 1.14 bits per heavy atom. The molecule has 0 saturated carbocycles. The van der Waals surface area contributed by atoms with E-state index in [-0.39, 0.29) is 12.1 Å². The second kappa shape index (κ2) is 13.1. The summed E-state index contributed by atoms with van der Waals surface area (Å²) in [6.07, 6.45) is 11.9. The Balaban J connectivity index is 1.02. The molecule has 2 atom stereocenters. The molecule has 11 rings (SSSR count). The molecular weight excluding hydrogens is 685 g/mol. The summed E-state index contributed by atoms with van der Waals surface area (Å²) in [6.45, 7) is 0. The molecule has 0 aliphatic carbocycles. The van der Waals surface area contributed by atoms with E-state index in [4.69, 9.17) is 9.98 Å². The van der Waals surface area contributed by atoms with Crippen LogP contribution in [-0.2, 0) is 0 Å². The van der Waals surface area contributed by atoms with Crippen LogP contribution in [0.1, 0.15) is 11.6 Å². The SMILES string of the molecule is C1=CC2C(N=C1)c1cc(-c3ccccc3-c3ccccn3)ccc1N2c1cccc(-n2c3ccc(-c4ccccc4-c4ccccn4)cc3c3ncccc32)c1. The van der Waals surface area contributed by atoms with E-state index in [9.17, 15) is 0 Å². The maximum atomic E-state index is 5.05. The minimum absolute atomic E-state index is 0.0227. The monoisotopic (exact) mass is 718 g/mol. The molecule has 0 fully saturated rings. The van der Waals surface area contributed by atoms with Crippen LogP contribution in [0.4, 0.5) is 11.4 Å². The highest BCUT2D eigenvalue weighted by Gasteiger charge is 2.39. The molecule has 2 aliphatic heterocycles. The van der Waals surface area contributed by atoms with Crippen LogP contribution in [0.2, 0.25) is 0 Å². The lowest BCUT2D eigenvalue weighted by Crippen LogP contribution is -2.28. The summed E-state index contributed by atoms with van der Waals surface area (Å²) in [5.74, 6) is 0. The number of aromatic nitrogens is 4. The molecule has 0 saturated heterocycles. The maximum absolute atomic E-state index is 5.05. The second-order valence-corrected chi connectivity index (χ2v) is 14.2. The van der Waals surface area contributed by atoms with Crippen LogP contribution in [0, 0.1) is 0 Å². The minimum Gasteiger partial charge on any atom is -0.332 e. The summed E-state index contributed by atoms with van der Waals surface area (Å²) in [6, 6.07) is 55.8. The second-order valence-electron chi connectivity index (χ2n) is 14.2. The summed E-state index contributed by atoms with van der Waals surface area (Å²) in [7, 11) is 0. The smallest absolute Gasteiger partial charge is 0.101 e. The van der Waals surface area contributed by atoms with Gasteiger partial charge in [0.1, 0.15) is 6.04 Å². The standard InChI is InChI=1S/C50H34N6/c1-3-16-39(43-18-5-7-26-51-43)37(14-1)33-22-24-45-41(30-33)49-47(20-10-28-53-49)55(45)35-12-9-13-36(32-35)56-46-25-23-34(31-42(46)50-48(56)21-11-29-54-50)38-15-2-4-17-40(38)44-19-6-8-27-52-44/h1-32,47,49H. The molecule has 2 unspecified atom stereocenters. The molecule has 0 spiro atoms. The van der Waals surface area contributed by atoms with E-state index < -0.39 is 0 Å². The van der Waals surface area contributed by atoms with Crippen LogP contribution >= 0.6 is 0 Å². The van der Waals surface area contributed by atoms with Crippen molar-refractivity contribution in [1.82, 2.24) is 19.5 Å². The van der Waals surface area contributed by atoms with Gasteiger partial charge in [0.25, 0.3) is 0 Å². The van der Waals surface area contributed by atoms with Gasteiger partial charge in [0.2, 0.25) is 0 Å². The van der Waals surface area contributed by atoms with Crippen LogP contribution in [0.3, 0.4) is 0 Å². The Morgan fingerprint density at radius 3 is 1.88 bits per heavy atom. The predicted molar refractivity (Wildman–Crippen MR) is 229 cm³/mol. The third kappa shape index (κ3) is 5.18. The molecule has 0 N–H and O–H groups in total. The van der Waals surface area contributed by atoms with E-state index in [1.165, 1.54) is 11.3 Å². The molecular formula is C50H34N6. The molecule has 6 heteroatoms. The average molecular weight is 719 g/mol. The van der Waals surface area contributed by atoms with E-state index in [0.717, 1.165) is 78.1 Å². The first kappa shape index (κ1) is 32.0. The van der Waals surface area contributed by atoms with Crippen molar-refractivity contribution in [3.8, 4) is 50.5 Å². The van der Waals surface area contributed by atoms with E-state index in [0.29, 0.717) is 0 Å². The Hall–Kier alpha value is -7.44. The molecule has 6 heterocycles. The van der Waals surface area contributed by atoms with Crippen LogP contribution in [0.5, 0.6) is 0 Å². The van der Waals surface area contributed by atoms with E-state index >= 15 is 0 Å². The van der Waals surface area contributed by atoms with Gasteiger partial charge in [0.05, 0.1) is 34.0 Å². The number of allylic oxidation sites excluding steroid dienone is 1. The van der Waals surface area contributed by atoms with Crippen molar-refractivity contribution in [2.24, 2.45) is 4.99 Å². The van der Waals surface area contributed by atoms with Gasteiger partial charge in [-0.3, -0.25) is 19.9 Å². The third-order valence-corrected chi connectivity index (χ3v) is 11.1. The van der Waals surface area contributed by atoms with Gasteiger partial charge < -0.3 is 9.47 Å². The topological polar surface area (TPSA) is 59.2 Å². The van der Waals surface area contributed by atoms with Crippen molar-refractivity contribution in [3.63, 3.8) is 0 Å². The van der Waals surface area contributed by atoms with Gasteiger partial charge in [-0.25, -0.2) is 0 Å². The Labute approximate surface area is 324 Å². The van der Waals surface area contributed by atoms with Crippen LogP contribution in [0.25, 0.3) is 72.4 Å². The summed E-state index contributed by atoms with van der Waals surface area (Å²) in [4.78, 5) is 21.8. The van der Waals surface area contributed by atoms with Crippen molar-refractivity contribution in [2.75, 3.05) is 4.90 Å². The molecule has 5 aromatic carbocycles. The maximum Gasteiger partial charge on any atom is 0.101 e. The van der Waals surface area contributed by atoms with Gasteiger partial charge in [-0.15, -0.1) is 0 Å². The number of fused-ring (bicyclic) bond motifs is 6. The normalized spacial score (nSPS) is 15.7. The Morgan fingerprint density at radius 1 is 0.482 bits per heavy atom. The number of benzene rings is 5. The molecule has 56 heavy (non-hydrogen) atoms. The first-order valence-electron chi connectivity index (χ1n) is 18.9. The number of anilines is 2. The van der Waals surface area contributed by atoms with E-state index in [1.807, 2.05) is 55.1 Å². The Kier molecular flexibility index (Phi) is 7.52. The summed E-state index contributed by atoms with van der Waals surface area (Å²) < 4.78 is 2.34. The van der Waals surface area contributed by atoms with Crippen LogP contribution in [0.15, 0.2) is 193 Å². The average Bonchev–Trinajstić information content (AvgIpc) is 3.79. The molecule has 4 aromatic heterocycles. The Bertz CT molecular complexity index is 3000. The zero-order valence-corrected chi connectivity index (χ0v) is 30.3. The van der Waals surface area contributed by atoms with Gasteiger partial charge in [-0.1, -0.05) is 84.9 Å². The van der Waals surface area contributed by atoms with Crippen molar-refractivity contribution in [3.05, 3.63) is 194 Å². The lowest BCUT2D eigenvalue weighted by atomic mass is 9.93. The van der Waals surface area contributed by atoms with Gasteiger partial charge in [-0.2, -0.15) is 0 Å². The molecule has 9 aromatic rings. The fraction of sp³-hybridized carbons (Fsp3) is 0.0400. The number of nitrogens with zero attached hydrogens (tertiary/aromatic N) is 6. The molecule has 0 amide bonds. The lowest BCUT2D eigenvalue weighted by molar-refractivity contribution is 0.667. The van der Waals surface area contributed by atoms with E-state index in [2.05, 4.69) is 159 Å². The quantitative estimate of drug-likeness (QED) is 0.172. The number of pyridine rings is 3.